The second-order valence-electron chi connectivity index (χ2n) is 8.09. The molecular weight excluding hydrogens is 458 g/mol. The first-order valence-electron chi connectivity index (χ1n) is 10.8. The fraction of sp³-hybridized carbons (Fsp3) is 0.231. The van der Waals surface area contributed by atoms with E-state index in [4.69, 9.17) is 21.4 Å². The van der Waals surface area contributed by atoms with E-state index in [1.54, 1.807) is 0 Å². The number of hydrogen-bond acceptors (Lipinski definition) is 5. The van der Waals surface area contributed by atoms with Crippen LogP contribution in [0.5, 0.6) is 0 Å². The fourth-order valence-corrected chi connectivity index (χ4v) is 4.47. The SMILES string of the molecule is O=C(NCCC(O)C(O)c1cc(C(=O)O)ccc1Cl)OCC1c2ccccc2-c2ccccc21. The van der Waals surface area contributed by atoms with Crippen molar-refractivity contribution in [3.8, 4) is 11.1 Å². The molecule has 34 heavy (non-hydrogen) atoms. The Bertz CT molecular complexity index is 1170. The number of alkyl carbamates (subject to hydrolysis) is 1. The summed E-state index contributed by atoms with van der Waals surface area (Å²) in [6.45, 7) is 0.216. The monoisotopic (exact) mass is 481 g/mol. The Labute approximate surface area is 201 Å². The summed E-state index contributed by atoms with van der Waals surface area (Å²) >= 11 is 6.05. The minimum atomic E-state index is -1.41. The number of hydrogen-bond donors (Lipinski definition) is 4. The molecule has 2 atom stereocenters. The Morgan fingerprint density at radius 1 is 0.971 bits per heavy atom. The molecule has 1 amide bonds. The van der Waals surface area contributed by atoms with E-state index in [1.807, 2.05) is 36.4 Å². The molecule has 7 nitrogen and oxygen atoms in total. The molecule has 0 aromatic heterocycles. The number of ether oxygens (including phenoxy) is 1. The highest BCUT2D eigenvalue weighted by Crippen LogP contribution is 2.44. The third-order valence-electron chi connectivity index (χ3n) is 5.98. The number of aliphatic hydroxyl groups excluding tert-OH is 2. The van der Waals surface area contributed by atoms with E-state index in [2.05, 4.69) is 17.4 Å². The molecule has 4 rings (SSSR count). The van der Waals surface area contributed by atoms with Gasteiger partial charge in [-0.2, -0.15) is 0 Å². The van der Waals surface area contributed by atoms with Gasteiger partial charge >= 0.3 is 12.1 Å². The molecule has 0 fully saturated rings. The summed E-state index contributed by atoms with van der Waals surface area (Å²) in [6, 6.07) is 19.9. The Balaban J connectivity index is 1.30. The molecule has 0 spiro atoms. The van der Waals surface area contributed by atoms with Gasteiger partial charge in [-0.1, -0.05) is 60.1 Å². The Hall–Kier alpha value is -3.39. The normalized spacial score (nSPS) is 14.1. The third-order valence-corrected chi connectivity index (χ3v) is 6.32. The van der Waals surface area contributed by atoms with Crippen LogP contribution in [0.4, 0.5) is 4.79 Å². The Kier molecular flexibility index (Phi) is 7.17. The van der Waals surface area contributed by atoms with Crippen molar-refractivity contribution < 1.29 is 29.6 Å². The number of carboxylic acid groups (broad SMARTS) is 1. The largest absolute Gasteiger partial charge is 0.478 e. The molecule has 0 heterocycles. The molecule has 0 aliphatic heterocycles. The van der Waals surface area contributed by atoms with E-state index < -0.39 is 24.3 Å². The van der Waals surface area contributed by atoms with Crippen LogP contribution in [0, 0.1) is 0 Å². The minimum absolute atomic E-state index is 0.0129. The van der Waals surface area contributed by atoms with Gasteiger partial charge in [-0.15, -0.1) is 0 Å². The standard InChI is InChI=1S/C26H24ClNO6/c27-22-10-9-15(25(31)32)13-20(22)24(30)23(29)11-12-28-26(33)34-14-21-18-7-3-1-5-16(18)17-6-2-4-8-19(17)21/h1-10,13,21,23-24,29-30H,11-12,14H2,(H,28,33)(H,31,32). The smallest absolute Gasteiger partial charge is 0.407 e. The molecule has 0 saturated heterocycles. The molecule has 0 saturated carbocycles. The van der Waals surface area contributed by atoms with Gasteiger partial charge < -0.3 is 25.4 Å². The second kappa shape index (κ2) is 10.3. The zero-order valence-corrected chi connectivity index (χ0v) is 18.9. The maximum absolute atomic E-state index is 12.3. The molecule has 0 bridgehead atoms. The van der Waals surface area contributed by atoms with E-state index in [0.29, 0.717) is 0 Å². The summed E-state index contributed by atoms with van der Waals surface area (Å²) in [7, 11) is 0. The number of carbonyl (C=O) groups is 2. The minimum Gasteiger partial charge on any atom is -0.478 e. The molecule has 3 aromatic rings. The average molecular weight is 482 g/mol. The Morgan fingerprint density at radius 3 is 2.21 bits per heavy atom. The second-order valence-corrected chi connectivity index (χ2v) is 8.50. The first-order chi connectivity index (χ1) is 16.4. The molecule has 8 heteroatoms. The number of aromatic carboxylic acids is 1. The number of carboxylic acids is 1. The van der Waals surface area contributed by atoms with Crippen molar-refractivity contribution in [3.63, 3.8) is 0 Å². The predicted molar refractivity (Wildman–Crippen MR) is 127 cm³/mol. The molecule has 1 aliphatic rings. The van der Waals surface area contributed by atoms with Crippen molar-refractivity contribution in [1.29, 1.82) is 0 Å². The van der Waals surface area contributed by atoms with E-state index in [0.717, 1.165) is 22.3 Å². The van der Waals surface area contributed by atoms with Crippen molar-refractivity contribution in [1.82, 2.24) is 5.32 Å². The van der Waals surface area contributed by atoms with Crippen molar-refractivity contribution in [2.45, 2.75) is 24.5 Å². The van der Waals surface area contributed by atoms with Gasteiger partial charge in [0, 0.05) is 23.0 Å². The van der Waals surface area contributed by atoms with Gasteiger partial charge in [-0.3, -0.25) is 0 Å². The highest BCUT2D eigenvalue weighted by molar-refractivity contribution is 6.31. The highest BCUT2D eigenvalue weighted by atomic mass is 35.5. The summed E-state index contributed by atoms with van der Waals surface area (Å²) in [5, 5.41) is 32.5. The lowest BCUT2D eigenvalue weighted by atomic mass is 9.98. The van der Waals surface area contributed by atoms with Crippen LogP contribution in [0.15, 0.2) is 66.7 Å². The van der Waals surface area contributed by atoms with Gasteiger partial charge in [0.1, 0.15) is 12.7 Å². The van der Waals surface area contributed by atoms with Crippen molar-refractivity contribution >= 4 is 23.7 Å². The topological polar surface area (TPSA) is 116 Å². The Morgan fingerprint density at radius 2 is 1.59 bits per heavy atom. The molecular formula is C26H24ClNO6. The van der Waals surface area contributed by atoms with Crippen LogP contribution in [-0.2, 0) is 4.74 Å². The number of aliphatic hydroxyl groups is 2. The van der Waals surface area contributed by atoms with E-state index in [-0.39, 0.29) is 41.6 Å². The van der Waals surface area contributed by atoms with Gasteiger partial charge in [0.25, 0.3) is 0 Å². The molecule has 176 valence electrons. The van der Waals surface area contributed by atoms with Gasteiger partial charge in [-0.05, 0) is 46.9 Å². The zero-order chi connectivity index (χ0) is 24.2. The maximum atomic E-state index is 12.3. The van der Waals surface area contributed by atoms with E-state index in [9.17, 15) is 19.8 Å². The van der Waals surface area contributed by atoms with Crippen molar-refractivity contribution in [2.75, 3.05) is 13.2 Å². The first-order valence-corrected chi connectivity index (χ1v) is 11.2. The number of halogens is 1. The molecule has 3 aromatic carbocycles. The summed E-state index contributed by atoms with van der Waals surface area (Å²) < 4.78 is 5.45. The van der Waals surface area contributed by atoms with Gasteiger partial charge in [0.15, 0.2) is 0 Å². The van der Waals surface area contributed by atoms with Crippen LogP contribution in [0.2, 0.25) is 5.02 Å². The number of benzene rings is 3. The van der Waals surface area contributed by atoms with Crippen LogP contribution in [0.1, 0.15) is 45.5 Å². The summed E-state index contributed by atoms with van der Waals surface area (Å²) in [5.41, 5.74) is 4.54. The number of amides is 1. The number of carbonyl (C=O) groups excluding carboxylic acids is 1. The number of rotatable bonds is 8. The lowest BCUT2D eigenvalue weighted by Crippen LogP contribution is -2.30. The quantitative estimate of drug-likeness (QED) is 0.380. The van der Waals surface area contributed by atoms with Crippen LogP contribution >= 0.6 is 11.6 Å². The molecule has 1 aliphatic carbocycles. The van der Waals surface area contributed by atoms with Crippen LogP contribution in [0.25, 0.3) is 11.1 Å². The fourth-order valence-electron chi connectivity index (χ4n) is 4.24. The van der Waals surface area contributed by atoms with Crippen LogP contribution in [-0.4, -0.2) is 46.6 Å². The highest BCUT2D eigenvalue weighted by Gasteiger charge is 2.29. The molecule has 0 radical (unpaired) electrons. The number of nitrogens with one attached hydrogen (secondary N) is 1. The van der Waals surface area contributed by atoms with Crippen molar-refractivity contribution in [2.24, 2.45) is 0 Å². The van der Waals surface area contributed by atoms with Crippen LogP contribution < -0.4 is 5.32 Å². The predicted octanol–water partition coefficient (Wildman–Crippen LogP) is 4.36. The lowest BCUT2D eigenvalue weighted by molar-refractivity contribution is 0.0136. The van der Waals surface area contributed by atoms with E-state index >= 15 is 0 Å². The van der Waals surface area contributed by atoms with Gasteiger partial charge in [0.05, 0.1) is 11.7 Å². The maximum Gasteiger partial charge on any atom is 0.407 e. The summed E-state index contributed by atoms with van der Waals surface area (Å²) in [6.07, 6.45) is -3.29. The van der Waals surface area contributed by atoms with Gasteiger partial charge in [-0.25, -0.2) is 9.59 Å². The molecule has 2 unspecified atom stereocenters. The third kappa shape index (κ3) is 4.92. The van der Waals surface area contributed by atoms with E-state index in [1.165, 1.54) is 18.2 Å². The number of fused-ring (bicyclic) bond motifs is 3. The molecule has 4 N–H and O–H groups in total. The first kappa shape index (κ1) is 23.8. The van der Waals surface area contributed by atoms with Crippen LogP contribution in [0.3, 0.4) is 0 Å². The summed E-state index contributed by atoms with van der Waals surface area (Å²) in [5.74, 6) is -1.23. The van der Waals surface area contributed by atoms with Crippen molar-refractivity contribution in [3.05, 3.63) is 94.0 Å². The average Bonchev–Trinajstić information content (AvgIpc) is 3.16. The summed E-state index contributed by atoms with van der Waals surface area (Å²) in [4.78, 5) is 23.4. The zero-order valence-electron chi connectivity index (χ0n) is 18.1. The lowest BCUT2D eigenvalue weighted by Gasteiger charge is -2.20. The van der Waals surface area contributed by atoms with Gasteiger partial charge in [0.2, 0.25) is 0 Å².